The molecular weight excluding hydrogens is 222 g/mol. The first-order chi connectivity index (χ1) is 7.33. The third-order valence-corrected chi connectivity index (χ3v) is 2.66. The number of oxazole rings is 1. The van der Waals surface area contributed by atoms with Crippen molar-refractivity contribution >= 4 is 0 Å². The number of hydrogen-bond donors (Lipinski definition) is 0. The van der Waals surface area contributed by atoms with E-state index in [4.69, 9.17) is 9.40 Å². The summed E-state index contributed by atoms with van der Waals surface area (Å²) < 4.78 is 6.06. The SMILES string of the molecule is C.CC(C)(C)c1nc(C(C)(C)C)c(C(C)(C)C)o1. The highest BCUT2D eigenvalue weighted by molar-refractivity contribution is 5.26. The highest BCUT2D eigenvalue weighted by Crippen LogP contribution is 2.36. The van der Waals surface area contributed by atoms with Gasteiger partial charge in [0.25, 0.3) is 0 Å². The fourth-order valence-electron chi connectivity index (χ4n) is 1.66. The second-order valence-electron chi connectivity index (χ2n) is 7.95. The molecule has 0 N–H and O–H groups in total. The third kappa shape index (κ3) is 3.60. The van der Waals surface area contributed by atoms with Gasteiger partial charge < -0.3 is 4.42 Å². The molecule has 0 atom stereocenters. The van der Waals surface area contributed by atoms with Crippen LogP contribution in [0.5, 0.6) is 0 Å². The fourth-order valence-corrected chi connectivity index (χ4v) is 1.66. The summed E-state index contributed by atoms with van der Waals surface area (Å²) in [4.78, 5) is 4.75. The van der Waals surface area contributed by atoms with Gasteiger partial charge in [-0.25, -0.2) is 4.98 Å². The maximum atomic E-state index is 6.06. The molecule has 0 radical (unpaired) electrons. The molecule has 0 saturated carbocycles. The van der Waals surface area contributed by atoms with Crippen molar-refractivity contribution in [3.8, 4) is 0 Å². The summed E-state index contributed by atoms with van der Waals surface area (Å²) >= 11 is 0. The Bertz CT molecular complexity index is 363. The molecule has 2 heteroatoms. The first-order valence-corrected chi connectivity index (χ1v) is 6.36. The molecule has 2 nitrogen and oxygen atoms in total. The molecule has 0 saturated heterocycles. The van der Waals surface area contributed by atoms with E-state index < -0.39 is 0 Å². The van der Waals surface area contributed by atoms with E-state index in [9.17, 15) is 0 Å². The molecule has 0 unspecified atom stereocenters. The molecule has 0 bridgehead atoms. The Morgan fingerprint density at radius 2 is 1.17 bits per heavy atom. The minimum Gasteiger partial charge on any atom is -0.444 e. The lowest BCUT2D eigenvalue weighted by Gasteiger charge is -2.22. The Labute approximate surface area is 113 Å². The first kappa shape index (κ1) is 17.2. The summed E-state index contributed by atoms with van der Waals surface area (Å²) in [5, 5.41) is 0. The summed E-state index contributed by atoms with van der Waals surface area (Å²) in [6, 6.07) is 0. The number of hydrogen-bond acceptors (Lipinski definition) is 2. The predicted octanol–water partition coefficient (Wildman–Crippen LogP) is 5.20. The summed E-state index contributed by atoms with van der Waals surface area (Å²) in [7, 11) is 0. The molecule has 18 heavy (non-hydrogen) atoms. The van der Waals surface area contributed by atoms with Gasteiger partial charge in [-0.2, -0.15) is 0 Å². The molecule has 1 rings (SSSR count). The topological polar surface area (TPSA) is 26.0 Å². The smallest absolute Gasteiger partial charge is 0.200 e. The van der Waals surface area contributed by atoms with Crippen LogP contribution >= 0.6 is 0 Å². The van der Waals surface area contributed by atoms with Gasteiger partial charge in [0, 0.05) is 16.2 Å². The molecule has 1 heterocycles. The maximum absolute atomic E-state index is 6.06. The van der Waals surface area contributed by atoms with Gasteiger partial charge in [0.15, 0.2) is 5.89 Å². The van der Waals surface area contributed by atoms with Gasteiger partial charge in [0.1, 0.15) is 5.76 Å². The molecule has 0 spiro atoms. The summed E-state index contributed by atoms with van der Waals surface area (Å²) in [5.41, 5.74) is 1.08. The second-order valence-corrected chi connectivity index (χ2v) is 7.95. The van der Waals surface area contributed by atoms with Crippen molar-refractivity contribution in [3.05, 3.63) is 17.3 Å². The Morgan fingerprint density at radius 1 is 0.722 bits per heavy atom. The van der Waals surface area contributed by atoms with Crippen LogP contribution in [-0.2, 0) is 16.2 Å². The normalized spacial score (nSPS) is 13.4. The van der Waals surface area contributed by atoms with E-state index in [2.05, 4.69) is 62.3 Å². The van der Waals surface area contributed by atoms with Crippen molar-refractivity contribution in [2.24, 2.45) is 0 Å². The summed E-state index contributed by atoms with van der Waals surface area (Å²) in [6.45, 7) is 19.5. The molecule has 0 aliphatic rings. The molecule has 0 amide bonds. The largest absolute Gasteiger partial charge is 0.444 e. The average Bonchev–Trinajstić information content (AvgIpc) is 2.42. The van der Waals surface area contributed by atoms with Crippen molar-refractivity contribution in [2.45, 2.75) is 86.0 Å². The molecular formula is C16H31NO. The molecule has 1 aromatic heterocycles. The van der Waals surface area contributed by atoms with Crippen molar-refractivity contribution in [2.75, 3.05) is 0 Å². The van der Waals surface area contributed by atoms with E-state index in [-0.39, 0.29) is 23.7 Å². The number of nitrogens with zero attached hydrogens (tertiary/aromatic N) is 1. The van der Waals surface area contributed by atoms with Crippen molar-refractivity contribution in [1.82, 2.24) is 4.98 Å². The fraction of sp³-hybridized carbons (Fsp3) is 0.812. The van der Waals surface area contributed by atoms with Crippen LogP contribution in [0.2, 0.25) is 0 Å². The van der Waals surface area contributed by atoms with Crippen molar-refractivity contribution in [3.63, 3.8) is 0 Å². The van der Waals surface area contributed by atoms with Crippen LogP contribution < -0.4 is 0 Å². The summed E-state index contributed by atoms with van der Waals surface area (Å²) in [6.07, 6.45) is 0. The zero-order valence-electron chi connectivity index (χ0n) is 12.9. The Hall–Kier alpha value is -0.790. The van der Waals surface area contributed by atoms with E-state index in [1.54, 1.807) is 0 Å². The lowest BCUT2D eigenvalue weighted by molar-refractivity contribution is 0.332. The maximum Gasteiger partial charge on any atom is 0.200 e. The van der Waals surface area contributed by atoms with E-state index in [0.717, 1.165) is 17.3 Å². The van der Waals surface area contributed by atoms with Crippen LogP contribution in [0.3, 0.4) is 0 Å². The number of aromatic nitrogens is 1. The van der Waals surface area contributed by atoms with E-state index in [1.165, 1.54) is 0 Å². The quantitative estimate of drug-likeness (QED) is 0.635. The van der Waals surface area contributed by atoms with E-state index in [1.807, 2.05) is 0 Å². The zero-order valence-corrected chi connectivity index (χ0v) is 12.9. The van der Waals surface area contributed by atoms with Crippen LogP contribution in [0.15, 0.2) is 4.42 Å². The minimum atomic E-state index is -0.0382. The monoisotopic (exact) mass is 253 g/mol. The van der Waals surface area contributed by atoms with Crippen LogP contribution in [0.25, 0.3) is 0 Å². The average molecular weight is 253 g/mol. The van der Waals surface area contributed by atoms with Crippen LogP contribution in [0.1, 0.15) is 87.1 Å². The van der Waals surface area contributed by atoms with Gasteiger partial charge in [0.2, 0.25) is 0 Å². The zero-order chi connectivity index (χ0) is 13.6. The second kappa shape index (κ2) is 4.71. The Morgan fingerprint density at radius 3 is 1.39 bits per heavy atom. The molecule has 0 aromatic carbocycles. The van der Waals surface area contributed by atoms with Gasteiger partial charge in [0.05, 0.1) is 5.69 Å². The molecule has 0 aliphatic carbocycles. The highest BCUT2D eigenvalue weighted by Gasteiger charge is 2.34. The number of rotatable bonds is 0. The third-order valence-electron chi connectivity index (χ3n) is 2.66. The Kier molecular flexibility index (Phi) is 4.51. The molecule has 0 aliphatic heterocycles. The van der Waals surface area contributed by atoms with Crippen LogP contribution in [0.4, 0.5) is 0 Å². The highest BCUT2D eigenvalue weighted by atomic mass is 16.4. The minimum absolute atomic E-state index is 0. The first-order valence-electron chi connectivity index (χ1n) is 6.36. The standard InChI is InChI=1S/C15H27NO.CH4/c1-13(2,3)10-11(14(4,5)6)17-12(16-10)15(7,8)9;/h1-9H3;1H4. The lowest BCUT2D eigenvalue weighted by Crippen LogP contribution is -2.21. The molecule has 1 aromatic rings. The van der Waals surface area contributed by atoms with Crippen LogP contribution in [0, 0.1) is 0 Å². The van der Waals surface area contributed by atoms with Crippen molar-refractivity contribution < 1.29 is 4.42 Å². The molecule has 106 valence electrons. The van der Waals surface area contributed by atoms with E-state index in [0.29, 0.717) is 0 Å². The molecule has 0 fully saturated rings. The Balaban J connectivity index is 0.00000289. The summed E-state index contributed by atoms with van der Waals surface area (Å²) in [5.74, 6) is 1.86. The lowest BCUT2D eigenvalue weighted by atomic mass is 9.83. The van der Waals surface area contributed by atoms with Gasteiger partial charge in [-0.3, -0.25) is 0 Å². The predicted molar refractivity (Wildman–Crippen MR) is 79.3 cm³/mol. The van der Waals surface area contributed by atoms with Gasteiger partial charge in [-0.05, 0) is 0 Å². The van der Waals surface area contributed by atoms with Gasteiger partial charge >= 0.3 is 0 Å². The van der Waals surface area contributed by atoms with E-state index >= 15 is 0 Å². The van der Waals surface area contributed by atoms with Crippen molar-refractivity contribution in [1.29, 1.82) is 0 Å². The van der Waals surface area contributed by atoms with Gasteiger partial charge in [-0.15, -0.1) is 0 Å². The van der Waals surface area contributed by atoms with Gasteiger partial charge in [-0.1, -0.05) is 69.7 Å². The van der Waals surface area contributed by atoms with Crippen LogP contribution in [-0.4, -0.2) is 4.98 Å².